The topological polar surface area (TPSA) is 49.4 Å². The van der Waals surface area contributed by atoms with Crippen LogP contribution < -0.4 is 5.32 Å². The lowest BCUT2D eigenvalue weighted by atomic mass is 9.51. The molecule has 0 aromatic carbocycles. The number of allylic oxidation sites excluding steroid dienone is 1. The summed E-state index contributed by atoms with van der Waals surface area (Å²) in [5.74, 6) is 2.43. The molecule has 3 fully saturated rings. The third-order valence-electron chi connectivity index (χ3n) is 9.04. The molecule has 0 aromatic heterocycles. The first-order valence-electron chi connectivity index (χ1n) is 11.7. The summed E-state index contributed by atoms with van der Waals surface area (Å²) in [6.07, 6.45) is 6.23. The summed E-state index contributed by atoms with van der Waals surface area (Å²) in [5, 5.41) is 3.24. The van der Waals surface area contributed by atoms with E-state index in [1.54, 1.807) is 0 Å². The molecule has 1 amide bonds. The minimum absolute atomic E-state index is 0.00475. The van der Waals surface area contributed by atoms with E-state index in [0.29, 0.717) is 23.5 Å². The Labute approximate surface area is 176 Å². The molecule has 162 valence electrons. The van der Waals surface area contributed by atoms with Gasteiger partial charge in [-0.3, -0.25) is 14.5 Å². The van der Waals surface area contributed by atoms with Crippen LogP contribution in [0.2, 0.25) is 0 Å². The van der Waals surface area contributed by atoms with Gasteiger partial charge in [0.1, 0.15) is 5.78 Å². The van der Waals surface area contributed by atoms with Crippen LogP contribution in [0.3, 0.4) is 0 Å². The number of nitrogens with zero attached hydrogens (tertiary/aromatic N) is 1. The van der Waals surface area contributed by atoms with Crippen LogP contribution in [0.1, 0.15) is 87.0 Å². The van der Waals surface area contributed by atoms with Crippen LogP contribution in [0.5, 0.6) is 0 Å². The second kappa shape index (κ2) is 6.67. The van der Waals surface area contributed by atoms with E-state index in [2.05, 4.69) is 58.7 Å². The summed E-state index contributed by atoms with van der Waals surface area (Å²) in [6, 6.07) is 0.0690. The number of hydrogen-bond donors (Lipinski definition) is 1. The molecular weight excluding hydrogens is 360 g/mol. The Kier molecular flexibility index (Phi) is 4.85. The van der Waals surface area contributed by atoms with Gasteiger partial charge in [0.15, 0.2) is 0 Å². The van der Waals surface area contributed by atoms with E-state index < -0.39 is 0 Å². The Morgan fingerprint density at radius 1 is 1.14 bits per heavy atom. The molecule has 2 aliphatic carbocycles. The van der Waals surface area contributed by atoms with Crippen molar-refractivity contribution in [2.75, 3.05) is 6.54 Å². The van der Waals surface area contributed by atoms with Gasteiger partial charge in [-0.05, 0) is 97.9 Å². The summed E-state index contributed by atoms with van der Waals surface area (Å²) in [4.78, 5) is 28.1. The molecule has 2 aliphatic heterocycles. The molecule has 0 bridgehead atoms. The van der Waals surface area contributed by atoms with Crippen molar-refractivity contribution in [2.45, 2.75) is 104 Å². The second-order valence-electron chi connectivity index (χ2n) is 11.9. The molecule has 4 heteroatoms. The van der Waals surface area contributed by atoms with Crippen molar-refractivity contribution in [3.05, 3.63) is 11.1 Å². The molecule has 2 heterocycles. The Hall–Kier alpha value is -1.16. The van der Waals surface area contributed by atoms with Gasteiger partial charge in [0.05, 0.1) is 6.04 Å². The first kappa shape index (κ1) is 21.1. The summed E-state index contributed by atoms with van der Waals surface area (Å²) in [7, 11) is 0. The monoisotopic (exact) mass is 400 g/mol. The number of nitrogens with one attached hydrogen (secondary N) is 1. The first-order chi connectivity index (χ1) is 13.4. The van der Waals surface area contributed by atoms with E-state index in [0.717, 1.165) is 37.8 Å². The Bertz CT molecular complexity index is 763. The summed E-state index contributed by atoms with van der Waals surface area (Å²) in [6.45, 7) is 16.3. The third kappa shape index (κ3) is 3.12. The van der Waals surface area contributed by atoms with Crippen molar-refractivity contribution < 1.29 is 9.59 Å². The van der Waals surface area contributed by atoms with Gasteiger partial charge in [0.2, 0.25) is 5.91 Å². The molecule has 1 N–H and O–H groups in total. The number of ketones is 1. The van der Waals surface area contributed by atoms with Gasteiger partial charge in [0.25, 0.3) is 0 Å². The van der Waals surface area contributed by atoms with Gasteiger partial charge in [-0.2, -0.15) is 0 Å². The first-order valence-corrected chi connectivity index (χ1v) is 11.7. The fourth-order valence-corrected chi connectivity index (χ4v) is 7.73. The fourth-order valence-electron chi connectivity index (χ4n) is 7.73. The smallest absolute Gasteiger partial charge is 0.248 e. The molecule has 0 radical (unpaired) electrons. The normalized spacial score (nSPS) is 42.9. The average molecular weight is 401 g/mol. The quantitative estimate of drug-likeness (QED) is 0.706. The minimum Gasteiger partial charge on any atom is -0.348 e. The van der Waals surface area contributed by atoms with Gasteiger partial charge in [-0.25, -0.2) is 0 Å². The lowest BCUT2D eigenvalue weighted by molar-refractivity contribution is -0.151. The minimum atomic E-state index is -0.209. The number of carbonyl (C=O) groups is 2. The lowest BCUT2D eigenvalue weighted by Crippen LogP contribution is -2.67. The number of hydrogen-bond acceptors (Lipinski definition) is 3. The largest absolute Gasteiger partial charge is 0.348 e. The van der Waals surface area contributed by atoms with E-state index in [4.69, 9.17) is 0 Å². The Morgan fingerprint density at radius 2 is 1.83 bits per heavy atom. The average Bonchev–Trinajstić information content (AvgIpc) is 2.87. The van der Waals surface area contributed by atoms with Gasteiger partial charge < -0.3 is 5.32 Å². The highest BCUT2D eigenvalue weighted by Gasteiger charge is 2.60. The predicted molar refractivity (Wildman–Crippen MR) is 116 cm³/mol. The molecule has 6 atom stereocenters. The van der Waals surface area contributed by atoms with Crippen LogP contribution in [0.4, 0.5) is 0 Å². The van der Waals surface area contributed by atoms with Crippen molar-refractivity contribution in [2.24, 2.45) is 23.2 Å². The standard InChI is InChI=1S/C25H40N2O2/c1-15-14-19-17-10-13-27-16(2)20(28)9-12-25(27,7)18(17)8-11-24(19,6)21(15)22(29)26-23(3,4)5/h16-19H,8-14H2,1-7H3,(H,26,29)/t16?,17-,18-,19+,24+,25-/m1/s1. The lowest BCUT2D eigenvalue weighted by Gasteiger charge is -2.62. The predicted octanol–water partition coefficient (Wildman–Crippen LogP) is 4.49. The van der Waals surface area contributed by atoms with Gasteiger partial charge in [-0.15, -0.1) is 0 Å². The molecule has 2 saturated heterocycles. The van der Waals surface area contributed by atoms with Gasteiger partial charge in [0, 0.05) is 28.5 Å². The maximum atomic E-state index is 13.2. The number of carbonyl (C=O) groups excluding carboxylic acids is 2. The third-order valence-corrected chi connectivity index (χ3v) is 9.04. The maximum absolute atomic E-state index is 13.2. The van der Waals surface area contributed by atoms with Crippen molar-refractivity contribution >= 4 is 11.7 Å². The van der Waals surface area contributed by atoms with Gasteiger partial charge >= 0.3 is 0 Å². The molecule has 0 aromatic rings. The Morgan fingerprint density at radius 3 is 2.48 bits per heavy atom. The Balaban J connectivity index is 1.62. The van der Waals surface area contributed by atoms with Crippen LogP contribution in [0.15, 0.2) is 11.1 Å². The fraction of sp³-hybridized carbons (Fsp3) is 0.840. The van der Waals surface area contributed by atoms with Crippen LogP contribution >= 0.6 is 0 Å². The highest BCUT2D eigenvalue weighted by atomic mass is 16.2. The zero-order valence-corrected chi connectivity index (χ0v) is 19.5. The van der Waals surface area contributed by atoms with Crippen LogP contribution in [-0.2, 0) is 9.59 Å². The molecule has 4 aliphatic rings. The highest BCUT2D eigenvalue weighted by Crippen LogP contribution is 2.63. The van der Waals surface area contributed by atoms with Crippen LogP contribution in [0.25, 0.3) is 0 Å². The van der Waals surface area contributed by atoms with E-state index in [9.17, 15) is 9.59 Å². The second-order valence-corrected chi connectivity index (χ2v) is 11.9. The SMILES string of the molecule is CC1=C(C(=O)NC(C)(C)C)[C@@]2(C)CC[C@@H]3[C@@H](CCN4C(C)C(=O)CC[C@]34C)[C@@H]2C1. The van der Waals surface area contributed by atoms with Crippen LogP contribution in [0, 0.1) is 23.2 Å². The van der Waals surface area contributed by atoms with E-state index >= 15 is 0 Å². The summed E-state index contributed by atoms with van der Waals surface area (Å²) >= 11 is 0. The van der Waals surface area contributed by atoms with E-state index in [1.165, 1.54) is 18.4 Å². The number of amides is 1. The number of fused-ring (bicyclic) bond motifs is 5. The van der Waals surface area contributed by atoms with Gasteiger partial charge in [-0.1, -0.05) is 12.5 Å². The van der Waals surface area contributed by atoms with Crippen molar-refractivity contribution in [3.8, 4) is 0 Å². The zero-order valence-electron chi connectivity index (χ0n) is 19.5. The summed E-state index contributed by atoms with van der Waals surface area (Å²) < 4.78 is 0. The van der Waals surface area contributed by atoms with E-state index in [1.807, 2.05) is 0 Å². The zero-order chi connectivity index (χ0) is 21.4. The molecular formula is C25H40N2O2. The van der Waals surface area contributed by atoms with Crippen molar-refractivity contribution in [1.82, 2.24) is 10.2 Å². The highest BCUT2D eigenvalue weighted by molar-refractivity contribution is 5.96. The maximum Gasteiger partial charge on any atom is 0.248 e. The molecule has 29 heavy (non-hydrogen) atoms. The number of Topliss-reactive ketones (excluding diaryl/α,β-unsaturated/α-hetero) is 1. The molecule has 1 saturated carbocycles. The number of piperidine rings is 2. The van der Waals surface area contributed by atoms with Crippen molar-refractivity contribution in [3.63, 3.8) is 0 Å². The van der Waals surface area contributed by atoms with Crippen LogP contribution in [-0.4, -0.2) is 40.3 Å². The van der Waals surface area contributed by atoms with E-state index in [-0.39, 0.29) is 28.4 Å². The number of rotatable bonds is 1. The molecule has 0 spiro atoms. The molecule has 1 unspecified atom stereocenters. The van der Waals surface area contributed by atoms with Crippen molar-refractivity contribution in [1.29, 1.82) is 0 Å². The summed E-state index contributed by atoms with van der Waals surface area (Å²) in [5.41, 5.74) is 2.31. The molecule has 4 rings (SSSR count). The molecule has 4 nitrogen and oxygen atoms in total.